The number of para-hydroxylation sites is 1. The molecule has 1 fully saturated rings. The molecule has 0 aliphatic carbocycles. The second-order valence-electron chi connectivity index (χ2n) is 5.81. The predicted octanol–water partition coefficient (Wildman–Crippen LogP) is 3.73. The summed E-state index contributed by atoms with van der Waals surface area (Å²) in [7, 11) is -3.73. The average Bonchev–Trinajstić information content (AvgIpc) is 2.63. The highest BCUT2D eigenvalue weighted by molar-refractivity contribution is 7.89. The van der Waals surface area contributed by atoms with Gasteiger partial charge in [0, 0.05) is 13.1 Å². The van der Waals surface area contributed by atoms with Crippen molar-refractivity contribution in [2.45, 2.75) is 24.2 Å². The van der Waals surface area contributed by atoms with Crippen LogP contribution in [-0.2, 0) is 10.0 Å². The molecule has 2 aromatic rings. The number of halogens is 1. The molecule has 7 heteroatoms. The number of carbonyl (C=O) groups excluding carboxylic acids is 1. The van der Waals surface area contributed by atoms with Crippen molar-refractivity contribution in [1.29, 1.82) is 0 Å². The van der Waals surface area contributed by atoms with Crippen molar-refractivity contribution in [2.75, 3.05) is 13.1 Å². The molecule has 3 rings (SSSR count). The SMILES string of the molecule is O=C(Oc1ccccc1)c1ccc(Cl)c(S(=O)(=O)N2CCCCC2)c1. The molecule has 0 bridgehead atoms. The largest absolute Gasteiger partial charge is 0.423 e. The zero-order valence-electron chi connectivity index (χ0n) is 13.5. The fourth-order valence-electron chi connectivity index (χ4n) is 2.73. The zero-order chi connectivity index (χ0) is 17.9. The van der Waals surface area contributed by atoms with Crippen LogP contribution in [0.25, 0.3) is 0 Å². The smallest absolute Gasteiger partial charge is 0.343 e. The van der Waals surface area contributed by atoms with Crippen molar-refractivity contribution >= 4 is 27.6 Å². The molecule has 1 saturated heterocycles. The summed E-state index contributed by atoms with van der Waals surface area (Å²) >= 11 is 6.11. The third kappa shape index (κ3) is 4.03. The topological polar surface area (TPSA) is 63.7 Å². The van der Waals surface area contributed by atoms with Gasteiger partial charge < -0.3 is 4.74 Å². The van der Waals surface area contributed by atoms with Crippen LogP contribution in [0, 0.1) is 0 Å². The van der Waals surface area contributed by atoms with Gasteiger partial charge in [0.25, 0.3) is 0 Å². The van der Waals surface area contributed by atoms with Gasteiger partial charge in [0.1, 0.15) is 10.6 Å². The maximum atomic E-state index is 12.8. The van der Waals surface area contributed by atoms with Crippen LogP contribution in [0.3, 0.4) is 0 Å². The van der Waals surface area contributed by atoms with Crippen molar-refractivity contribution in [2.24, 2.45) is 0 Å². The molecule has 0 unspecified atom stereocenters. The molecule has 0 radical (unpaired) electrons. The first kappa shape index (κ1) is 17.9. The Kier molecular flexibility index (Phi) is 5.42. The number of carbonyl (C=O) groups is 1. The monoisotopic (exact) mass is 379 g/mol. The van der Waals surface area contributed by atoms with Crippen molar-refractivity contribution in [3.8, 4) is 5.75 Å². The summed E-state index contributed by atoms with van der Waals surface area (Å²) in [6.07, 6.45) is 2.67. The molecule has 0 atom stereocenters. The Morgan fingerprint density at radius 3 is 2.36 bits per heavy atom. The lowest BCUT2D eigenvalue weighted by Gasteiger charge is -2.26. The first-order valence-corrected chi connectivity index (χ1v) is 9.87. The molecule has 0 spiro atoms. The highest BCUT2D eigenvalue weighted by atomic mass is 35.5. The van der Waals surface area contributed by atoms with Gasteiger partial charge in [0.05, 0.1) is 10.6 Å². The minimum absolute atomic E-state index is 0.0569. The molecule has 0 N–H and O–H groups in total. The second-order valence-corrected chi connectivity index (χ2v) is 8.13. The Morgan fingerprint density at radius 1 is 1.00 bits per heavy atom. The Bertz CT molecular complexity index is 862. The van der Waals surface area contributed by atoms with Crippen LogP contribution in [0.5, 0.6) is 5.75 Å². The fourth-order valence-corrected chi connectivity index (χ4v) is 4.74. The Labute approximate surface area is 152 Å². The van der Waals surface area contributed by atoms with Gasteiger partial charge in [-0.2, -0.15) is 4.31 Å². The Hall–Kier alpha value is -1.89. The molecule has 5 nitrogen and oxygen atoms in total. The van der Waals surface area contributed by atoms with Crippen LogP contribution in [0.2, 0.25) is 5.02 Å². The second kappa shape index (κ2) is 7.56. The van der Waals surface area contributed by atoms with Gasteiger partial charge in [0.15, 0.2) is 0 Å². The van der Waals surface area contributed by atoms with Crippen LogP contribution in [0.4, 0.5) is 0 Å². The van der Waals surface area contributed by atoms with E-state index in [1.54, 1.807) is 24.3 Å². The minimum Gasteiger partial charge on any atom is -0.423 e. The lowest BCUT2D eigenvalue weighted by Crippen LogP contribution is -2.35. The van der Waals surface area contributed by atoms with Crippen molar-refractivity contribution in [1.82, 2.24) is 4.31 Å². The van der Waals surface area contributed by atoms with Crippen LogP contribution >= 0.6 is 11.6 Å². The maximum absolute atomic E-state index is 12.8. The Morgan fingerprint density at radius 2 is 1.68 bits per heavy atom. The predicted molar refractivity (Wildman–Crippen MR) is 95.5 cm³/mol. The molecule has 1 heterocycles. The van der Waals surface area contributed by atoms with E-state index in [9.17, 15) is 13.2 Å². The van der Waals surface area contributed by atoms with E-state index in [2.05, 4.69) is 0 Å². The highest BCUT2D eigenvalue weighted by Gasteiger charge is 2.29. The molecular formula is C18H18ClNO4S. The van der Waals surface area contributed by atoms with E-state index >= 15 is 0 Å². The average molecular weight is 380 g/mol. The van der Waals surface area contributed by atoms with Crippen molar-refractivity contribution in [3.05, 3.63) is 59.1 Å². The molecule has 132 valence electrons. The van der Waals surface area contributed by atoms with Crippen LogP contribution in [0.15, 0.2) is 53.4 Å². The Balaban J connectivity index is 1.88. The summed E-state index contributed by atoms with van der Waals surface area (Å²) in [5.74, 6) is -0.235. The summed E-state index contributed by atoms with van der Waals surface area (Å²) in [4.78, 5) is 12.3. The zero-order valence-corrected chi connectivity index (χ0v) is 15.1. The molecule has 2 aromatic carbocycles. The molecule has 0 aromatic heterocycles. The lowest BCUT2D eigenvalue weighted by molar-refractivity contribution is 0.0734. The van der Waals surface area contributed by atoms with E-state index < -0.39 is 16.0 Å². The van der Waals surface area contributed by atoms with Crippen LogP contribution in [-0.4, -0.2) is 31.8 Å². The van der Waals surface area contributed by atoms with Crippen molar-refractivity contribution < 1.29 is 17.9 Å². The minimum atomic E-state index is -3.73. The summed E-state index contributed by atoms with van der Waals surface area (Å²) in [6.45, 7) is 0.939. The van der Waals surface area contributed by atoms with Gasteiger partial charge in [0.2, 0.25) is 10.0 Å². The van der Waals surface area contributed by atoms with E-state index in [0.717, 1.165) is 19.3 Å². The highest BCUT2D eigenvalue weighted by Crippen LogP contribution is 2.28. The normalized spacial score (nSPS) is 15.7. The number of nitrogens with zero attached hydrogens (tertiary/aromatic N) is 1. The third-order valence-electron chi connectivity index (χ3n) is 4.05. The number of hydrogen-bond donors (Lipinski definition) is 0. The summed E-state index contributed by atoms with van der Waals surface area (Å²) in [6, 6.07) is 12.8. The van der Waals surface area contributed by atoms with Gasteiger partial charge in [-0.25, -0.2) is 13.2 Å². The molecule has 0 amide bonds. The van der Waals surface area contributed by atoms with Crippen LogP contribution < -0.4 is 4.74 Å². The molecule has 1 aliphatic rings. The van der Waals surface area contributed by atoms with Gasteiger partial charge >= 0.3 is 5.97 Å². The number of ether oxygens (including phenoxy) is 1. The molecule has 1 aliphatic heterocycles. The fraction of sp³-hybridized carbons (Fsp3) is 0.278. The lowest BCUT2D eigenvalue weighted by atomic mass is 10.2. The number of sulfonamides is 1. The van der Waals surface area contributed by atoms with E-state index in [1.165, 1.54) is 22.5 Å². The van der Waals surface area contributed by atoms with Crippen molar-refractivity contribution in [3.63, 3.8) is 0 Å². The molecular weight excluding hydrogens is 362 g/mol. The number of esters is 1. The standard InChI is InChI=1S/C18H18ClNO4S/c19-16-10-9-14(18(21)24-15-7-3-1-4-8-15)13-17(16)25(22,23)20-11-5-2-6-12-20/h1,3-4,7-10,13H,2,5-6,11-12H2. The number of hydrogen-bond acceptors (Lipinski definition) is 4. The first-order chi connectivity index (χ1) is 12.0. The van der Waals surface area contributed by atoms with Gasteiger partial charge in [-0.1, -0.05) is 36.2 Å². The van der Waals surface area contributed by atoms with E-state index in [0.29, 0.717) is 18.8 Å². The van der Waals surface area contributed by atoms with Gasteiger partial charge in [-0.3, -0.25) is 0 Å². The van der Waals surface area contributed by atoms with Gasteiger partial charge in [-0.15, -0.1) is 0 Å². The first-order valence-electron chi connectivity index (χ1n) is 8.05. The quantitative estimate of drug-likeness (QED) is 0.599. The summed E-state index contributed by atoms with van der Waals surface area (Å²) < 4.78 is 32.3. The third-order valence-corrected chi connectivity index (χ3v) is 6.43. The summed E-state index contributed by atoms with van der Waals surface area (Å²) in [5.41, 5.74) is 0.142. The molecule has 0 saturated carbocycles. The number of piperidine rings is 1. The maximum Gasteiger partial charge on any atom is 0.343 e. The number of benzene rings is 2. The van der Waals surface area contributed by atoms with E-state index in [1.807, 2.05) is 6.07 Å². The molecule has 25 heavy (non-hydrogen) atoms. The van der Waals surface area contributed by atoms with E-state index in [4.69, 9.17) is 16.3 Å². The van der Waals surface area contributed by atoms with Gasteiger partial charge in [-0.05, 0) is 43.2 Å². The van der Waals surface area contributed by atoms with Crippen LogP contribution in [0.1, 0.15) is 29.6 Å². The number of rotatable bonds is 4. The summed E-state index contributed by atoms with van der Waals surface area (Å²) in [5, 5.41) is 0.0989. The van der Waals surface area contributed by atoms with E-state index in [-0.39, 0.29) is 15.5 Å².